The third-order valence-corrected chi connectivity index (χ3v) is 4.31. The average molecular weight is 314 g/mol. The number of aromatic nitrogens is 2. The molecule has 0 radical (unpaired) electrons. The Balaban J connectivity index is 2.27. The van der Waals surface area contributed by atoms with Crippen molar-refractivity contribution in [2.45, 2.75) is 38.6 Å². The number of rotatable bonds is 3. The van der Waals surface area contributed by atoms with E-state index in [0.717, 1.165) is 10.6 Å². The van der Waals surface area contributed by atoms with Gasteiger partial charge in [-0.3, -0.25) is 0 Å². The number of hydrogen-bond acceptors (Lipinski definition) is 4. The first-order valence-electron chi connectivity index (χ1n) is 6.32. The summed E-state index contributed by atoms with van der Waals surface area (Å²) in [6.07, 6.45) is 0.462. The molecule has 2 rings (SSSR count). The predicted molar refractivity (Wildman–Crippen MR) is 80.7 cm³/mol. The van der Waals surface area contributed by atoms with Crippen molar-refractivity contribution in [1.82, 2.24) is 9.59 Å². The fraction of sp³-hybridized carbons (Fsp3) is 0.429. The molecule has 0 saturated carbocycles. The van der Waals surface area contributed by atoms with Crippen LogP contribution in [0.25, 0.3) is 0 Å². The van der Waals surface area contributed by atoms with Gasteiger partial charge in [0.15, 0.2) is 0 Å². The predicted octanol–water partition coefficient (Wildman–Crippen LogP) is 3.87. The normalized spacial score (nSPS) is 13.5. The Morgan fingerprint density at radius 1 is 1.40 bits per heavy atom. The van der Waals surface area contributed by atoms with E-state index in [1.165, 1.54) is 17.6 Å². The summed E-state index contributed by atoms with van der Waals surface area (Å²) < 4.78 is 17.4. The van der Waals surface area contributed by atoms with Crippen LogP contribution in [0.2, 0.25) is 5.02 Å². The minimum atomic E-state index is -0.421. The number of benzene rings is 1. The van der Waals surface area contributed by atoms with Gasteiger partial charge in [-0.25, -0.2) is 4.39 Å². The molecule has 0 aliphatic rings. The van der Waals surface area contributed by atoms with E-state index >= 15 is 0 Å². The van der Waals surface area contributed by atoms with Gasteiger partial charge in [-0.15, -0.1) is 5.10 Å². The molecule has 0 bridgehead atoms. The molecule has 0 saturated heterocycles. The molecular weight excluding hydrogens is 297 g/mol. The molecule has 20 heavy (non-hydrogen) atoms. The highest BCUT2D eigenvalue weighted by Gasteiger charge is 2.26. The molecule has 0 fully saturated rings. The largest absolute Gasteiger partial charge is 0.323 e. The van der Waals surface area contributed by atoms with Crippen LogP contribution in [0.3, 0.4) is 0 Å². The molecule has 6 heteroatoms. The van der Waals surface area contributed by atoms with Crippen molar-refractivity contribution in [2.75, 3.05) is 0 Å². The summed E-state index contributed by atoms with van der Waals surface area (Å²) in [5.74, 6) is -0.421. The maximum absolute atomic E-state index is 13.4. The smallest absolute Gasteiger partial charge is 0.142 e. The van der Waals surface area contributed by atoms with Crippen LogP contribution in [0.1, 0.15) is 42.9 Å². The topological polar surface area (TPSA) is 51.8 Å². The Morgan fingerprint density at radius 2 is 2.10 bits per heavy atom. The van der Waals surface area contributed by atoms with Crippen LogP contribution < -0.4 is 5.73 Å². The summed E-state index contributed by atoms with van der Waals surface area (Å²) in [6, 6.07) is 4.48. The van der Waals surface area contributed by atoms with E-state index in [0.29, 0.717) is 12.0 Å². The second kappa shape index (κ2) is 5.76. The van der Waals surface area contributed by atoms with Gasteiger partial charge in [0, 0.05) is 11.5 Å². The first-order chi connectivity index (χ1) is 9.30. The maximum Gasteiger partial charge on any atom is 0.142 e. The molecule has 3 nitrogen and oxygen atoms in total. The van der Waals surface area contributed by atoms with Crippen molar-refractivity contribution in [3.8, 4) is 0 Å². The Labute approximate surface area is 127 Å². The van der Waals surface area contributed by atoms with Crippen molar-refractivity contribution in [3.05, 3.63) is 45.2 Å². The lowest BCUT2D eigenvalue weighted by molar-refractivity contribution is 0.550. The lowest BCUT2D eigenvalue weighted by Gasteiger charge is -2.19. The quantitative estimate of drug-likeness (QED) is 0.935. The summed E-state index contributed by atoms with van der Waals surface area (Å²) in [7, 11) is 0. The zero-order valence-electron chi connectivity index (χ0n) is 11.7. The van der Waals surface area contributed by atoms with Gasteiger partial charge in [0.05, 0.1) is 15.6 Å². The van der Waals surface area contributed by atoms with Gasteiger partial charge in [0.25, 0.3) is 0 Å². The zero-order valence-corrected chi connectivity index (χ0v) is 13.2. The van der Waals surface area contributed by atoms with Crippen molar-refractivity contribution < 1.29 is 4.39 Å². The van der Waals surface area contributed by atoms with Gasteiger partial charge in [-0.2, -0.15) is 0 Å². The van der Waals surface area contributed by atoms with E-state index < -0.39 is 5.82 Å². The van der Waals surface area contributed by atoms with Gasteiger partial charge in [0.1, 0.15) is 5.82 Å². The lowest BCUT2D eigenvalue weighted by atomic mass is 9.89. The van der Waals surface area contributed by atoms with Crippen molar-refractivity contribution in [2.24, 2.45) is 5.73 Å². The van der Waals surface area contributed by atoms with E-state index in [4.69, 9.17) is 17.3 Å². The van der Waals surface area contributed by atoms with E-state index in [-0.39, 0.29) is 16.5 Å². The third kappa shape index (κ3) is 3.16. The van der Waals surface area contributed by atoms with Crippen LogP contribution in [-0.2, 0) is 11.8 Å². The fourth-order valence-electron chi connectivity index (χ4n) is 2.00. The maximum atomic E-state index is 13.4. The van der Waals surface area contributed by atoms with Gasteiger partial charge in [0.2, 0.25) is 0 Å². The molecule has 0 aliphatic heterocycles. The molecule has 108 valence electrons. The van der Waals surface area contributed by atoms with Gasteiger partial charge in [-0.1, -0.05) is 49.0 Å². The minimum absolute atomic E-state index is 0.119. The minimum Gasteiger partial charge on any atom is -0.323 e. The molecule has 1 aromatic heterocycles. The number of nitrogens with zero attached hydrogens (tertiary/aromatic N) is 2. The fourth-order valence-corrected chi connectivity index (χ4v) is 3.06. The number of halogens is 2. The first-order valence-corrected chi connectivity index (χ1v) is 7.47. The summed E-state index contributed by atoms with van der Waals surface area (Å²) in [5.41, 5.74) is 7.71. The molecule has 0 aliphatic carbocycles. The Hall–Kier alpha value is -1.04. The van der Waals surface area contributed by atoms with E-state index in [1.54, 1.807) is 12.1 Å². The average Bonchev–Trinajstić information content (AvgIpc) is 2.84. The van der Waals surface area contributed by atoms with Crippen LogP contribution >= 0.6 is 23.1 Å². The molecule has 1 unspecified atom stereocenters. The first kappa shape index (κ1) is 15.4. The summed E-state index contributed by atoms with van der Waals surface area (Å²) >= 11 is 7.26. The van der Waals surface area contributed by atoms with Crippen molar-refractivity contribution in [1.29, 1.82) is 0 Å². The molecule has 1 aromatic carbocycles. The van der Waals surface area contributed by atoms with Crippen molar-refractivity contribution in [3.63, 3.8) is 0 Å². The lowest BCUT2D eigenvalue weighted by Crippen LogP contribution is -2.20. The van der Waals surface area contributed by atoms with Crippen LogP contribution in [0, 0.1) is 5.82 Å². The van der Waals surface area contributed by atoms with Crippen LogP contribution in [0.15, 0.2) is 18.2 Å². The highest BCUT2D eigenvalue weighted by Crippen LogP contribution is 2.32. The second-order valence-electron chi connectivity index (χ2n) is 5.76. The van der Waals surface area contributed by atoms with Crippen LogP contribution in [-0.4, -0.2) is 9.59 Å². The van der Waals surface area contributed by atoms with Crippen LogP contribution in [0.4, 0.5) is 4.39 Å². The molecule has 1 atom stereocenters. The summed E-state index contributed by atoms with van der Waals surface area (Å²) in [5, 5.41) is 4.31. The highest BCUT2D eigenvalue weighted by molar-refractivity contribution is 7.05. The van der Waals surface area contributed by atoms with Crippen LogP contribution in [0.5, 0.6) is 0 Å². The van der Waals surface area contributed by atoms with Gasteiger partial charge < -0.3 is 5.73 Å². The number of nitrogens with two attached hydrogens (primary N) is 1. The molecule has 1 heterocycles. The van der Waals surface area contributed by atoms with Gasteiger partial charge >= 0.3 is 0 Å². The van der Waals surface area contributed by atoms with E-state index in [9.17, 15) is 4.39 Å². The SMILES string of the molecule is CC(C)(C)c1nnsc1C(N)Cc1cccc(F)c1Cl. The Kier molecular flexibility index (Phi) is 4.42. The second-order valence-corrected chi connectivity index (χ2v) is 6.92. The highest BCUT2D eigenvalue weighted by atomic mass is 35.5. The summed E-state index contributed by atoms with van der Waals surface area (Å²) in [4.78, 5) is 0.929. The molecular formula is C14H17ClFN3S. The Morgan fingerprint density at radius 3 is 2.75 bits per heavy atom. The van der Waals surface area contributed by atoms with Crippen molar-refractivity contribution >= 4 is 23.1 Å². The van der Waals surface area contributed by atoms with E-state index in [1.807, 2.05) is 0 Å². The number of hydrogen-bond donors (Lipinski definition) is 1. The Bertz CT molecular complexity index is 607. The monoisotopic (exact) mass is 313 g/mol. The summed E-state index contributed by atoms with van der Waals surface area (Å²) in [6.45, 7) is 6.19. The molecule has 0 spiro atoms. The molecule has 0 amide bonds. The standard InChI is InChI=1S/C14H17ClFN3S/c1-14(2,3)13-12(20-19-18-13)10(17)7-8-5-4-6-9(16)11(8)15/h4-6,10H,7,17H2,1-3H3. The molecule has 2 N–H and O–H groups in total. The van der Waals surface area contributed by atoms with E-state index in [2.05, 4.69) is 30.4 Å². The van der Waals surface area contributed by atoms with Gasteiger partial charge in [-0.05, 0) is 29.6 Å². The third-order valence-electron chi connectivity index (χ3n) is 3.03. The molecule has 2 aromatic rings. The zero-order chi connectivity index (χ0) is 14.9.